The lowest BCUT2D eigenvalue weighted by atomic mass is 10.1. The second-order valence-corrected chi connectivity index (χ2v) is 7.32. The minimum atomic E-state index is 0.525. The predicted octanol–water partition coefficient (Wildman–Crippen LogP) is 6.06. The summed E-state index contributed by atoms with van der Waals surface area (Å²) in [5, 5.41) is 15.4. The molecule has 0 aliphatic heterocycles. The number of anilines is 2. The molecule has 0 spiro atoms. The minimum Gasteiger partial charge on any atom is -0.361 e. The van der Waals surface area contributed by atoms with E-state index >= 15 is 0 Å². The fourth-order valence-electron chi connectivity index (χ4n) is 3.31. The summed E-state index contributed by atoms with van der Waals surface area (Å²) in [7, 11) is 0. The third kappa shape index (κ3) is 2.64. The molecular formula is C22H14N4S. The molecule has 4 nitrogen and oxygen atoms in total. The van der Waals surface area contributed by atoms with E-state index in [-0.39, 0.29) is 0 Å². The number of H-pyrrole nitrogens is 1. The van der Waals surface area contributed by atoms with E-state index in [0.717, 1.165) is 32.7 Å². The number of rotatable bonds is 3. The average molecular weight is 366 g/mol. The summed E-state index contributed by atoms with van der Waals surface area (Å²) in [6.07, 6.45) is 5.35. The topological polar surface area (TPSA) is 64.5 Å². The molecule has 0 amide bonds. The molecule has 5 aromatic rings. The largest absolute Gasteiger partial charge is 0.361 e. The van der Waals surface area contributed by atoms with Crippen molar-refractivity contribution < 1.29 is 0 Å². The molecule has 0 bridgehead atoms. The van der Waals surface area contributed by atoms with Crippen LogP contribution in [-0.4, -0.2) is 9.97 Å². The monoisotopic (exact) mass is 366 g/mol. The Balaban J connectivity index is 1.69. The van der Waals surface area contributed by atoms with Gasteiger partial charge in [-0.2, -0.15) is 5.26 Å². The first-order valence-electron chi connectivity index (χ1n) is 8.54. The number of nitriles is 1. The van der Waals surface area contributed by atoms with Gasteiger partial charge in [-0.3, -0.25) is 4.98 Å². The maximum Gasteiger partial charge on any atom is 0.103 e. The summed E-state index contributed by atoms with van der Waals surface area (Å²) in [6, 6.07) is 20.8. The van der Waals surface area contributed by atoms with E-state index in [1.165, 1.54) is 10.1 Å². The van der Waals surface area contributed by atoms with E-state index in [1.807, 2.05) is 48.8 Å². The van der Waals surface area contributed by atoms with Crippen LogP contribution >= 0.6 is 11.3 Å². The van der Waals surface area contributed by atoms with Gasteiger partial charge in [0.1, 0.15) is 6.07 Å². The van der Waals surface area contributed by atoms with Gasteiger partial charge in [-0.1, -0.05) is 24.3 Å². The van der Waals surface area contributed by atoms with Crippen LogP contribution in [0.1, 0.15) is 5.56 Å². The van der Waals surface area contributed by atoms with E-state index in [9.17, 15) is 5.26 Å². The first kappa shape index (κ1) is 15.6. The van der Waals surface area contributed by atoms with Crippen LogP contribution in [0.2, 0.25) is 0 Å². The van der Waals surface area contributed by atoms with Crippen molar-refractivity contribution in [3.05, 3.63) is 78.8 Å². The number of fused-ring (bicyclic) bond motifs is 2. The third-order valence-electron chi connectivity index (χ3n) is 4.61. The van der Waals surface area contributed by atoms with Gasteiger partial charge in [-0.15, -0.1) is 11.3 Å². The SMILES string of the molecule is N#Cc1cncc(-c2cc3ccccc3s2)c1Nc1cccc2[nH]ccc12. The van der Waals surface area contributed by atoms with E-state index in [2.05, 4.69) is 39.6 Å². The van der Waals surface area contributed by atoms with E-state index in [4.69, 9.17) is 0 Å². The minimum absolute atomic E-state index is 0.525. The maximum absolute atomic E-state index is 9.65. The molecule has 27 heavy (non-hydrogen) atoms. The van der Waals surface area contributed by atoms with Crippen LogP contribution < -0.4 is 5.32 Å². The van der Waals surface area contributed by atoms with Crippen molar-refractivity contribution in [3.63, 3.8) is 0 Å². The fraction of sp³-hybridized carbons (Fsp3) is 0. The Hall–Kier alpha value is -3.62. The van der Waals surface area contributed by atoms with E-state index in [0.29, 0.717) is 5.56 Å². The highest BCUT2D eigenvalue weighted by Gasteiger charge is 2.15. The summed E-state index contributed by atoms with van der Waals surface area (Å²) < 4.78 is 1.22. The Morgan fingerprint density at radius 1 is 1.04 bits per heavy atom. The molecule has 2 N–H and O–H groups in total. The molecule has 5 heteroatoms. The lowest BCUT2D eigenvalue weighted by Gasteiger charge is -2.13. The number of hydrogen-bond donors (Lipinski definition) is 2. The predicted molar refractivity (Wildman–Crippen MR) is 111 cm³/mol. The molecule has 0 aliphatic rings. The Kier molecular flexibility index (Phi) is 3.63. The standard InChI is InChI=1S/C22H14N4S/c23-11-15-12-24-13-17(21-10-14-4-1-2-7-20(14)27-21)22(15)26-19-6-3-5-18-16(19)8-9-25-18/h1-10,12-13,25H,(H,24,26). The Bertz CT molecular complexity index is 1290. The Morgan fingerprint density at radius 3 is 2.85 bits per heavy atom. The Labute approximate surface area is 159 Å². The zero-order valence-electron chi connectivity index (χ0n) is 14.2. The summed E-state index contributed by atoms with van der Waals surface area (Å²) in [6.45, 7) is 0. The quantitative estimate of drug-likeness (QED) is 0.408. The number of thiophene rings is 1. The number of nitrogens with one attached hydrogen (secondary N) is 2. The van der Waals surface area contributed by atoms with Crippen LogP contribution in [-0.2, 0) is 0 Å². The molecule has 5 rings (SSSR count). The van der Waals surface area contributed by atoms with Crippen LogP contribution in [0.5, 0.6) is 0 Å². The number of aromatic nitrogens is 2. The van der Waals surface area contributed by atoms with Gasteiger partial charge in [0.05, 0.1) is 11.3 Å². The molecule has 0 saturated heterocycles. The molecule has 0 saturated carbocycles. The lowest BCUT2D eigenvalue weighted by Crippen LogP contribution is -1.97. The van der Waals surface area contributed by atoms with Crippen molar-refractivity contribution >= 4 is 43.7 Å². The van der Waals surface area contributed by atoms with Crippen LogP contribution in [0.25, 0.3) is 31.4 Å². The molecule has 0 fully saturated rings. The molecule has 3 aromatic heterocycles. The number of pyridine rings is 1. The average Bonchev–Trinajstić information content (AvgIpc) is 3.35. The van der Waals surface area contributed by atoms with Gasteiger partial charge >= 0.3 is 0 Å². The van der Waals surface area contributed by atoms with Crippen molar-refractivity contribution in [2.45, 2.75) is 0 Å². The van der Waals surface area contributed by atoms with Gasteiger partial charge in [0.25, 0.3) is 0 Å². The van der Waals surface area contributed by atoms with Crippen LogP contribution in [0, 0.1) is 11.3 Å². The first-order valence-corrected chi connectivity index (χ1v) is 9.35. The molecule has 0 aliphatic carbocycles. The smallest absolute Gasteiger partial charge is 0.103 e. The molecule has 128 valence electrons. The Morgan fingerprint density at radius 2 is 1.96 bits per heavy atom. The maximum atomic E-state index is 9.65. The summed E-state index contributed by atoms with van der Waals surface area (Å²) >= 11 is 1.70. The first-order chi connectivity index (χ1) is 13.3. The number of nitrogens with zero attached hydrogens (tertiary/aromatic N) is 2. The fourth-order valence-corrected chi connectivity index (χ4v) is 4.39. The summed E-state index contributed by atoms with van der Waals surface area (Å²) in [5.74, 6) is 0. The van der Waals surface area contributed by atoms with Crippen LogP contribution in [0.3, 0.4) is 0 Å². The highest BCUT2D eigenvalue weighted by atomic mass is 32.1. The van der Waals surface area contributed by atoms with Crippen molar-refractivity contribution in [2.75, 3.05) is 5.32 Å². The van der Waals surface area contributed by atoms with Crippen molar-refractivity contribution in [1.29, 1.82) is 5.26 Å². The van der Waals surface area contributed by atoms with Gasteiger partial charge in [0, 0.05) is 50.3 Å². The van der Waals surface area contributed by atoms with Crippen LogP contribution in [0.15, 0.2) is 73.2 Å². The number of hydrogen-bond acceptors (Lipinski definition) is 4. The number of benzene rings is 2. The van der Waals surface area contributed by atoms with Gasteiger partial charge in [0.15, 0.2) is 0 Å². The van der Waals surface area contributed by atoms with E-state index in [1.54, 1.807) is 17.5 Å². The third-order valence-corrected chi connectivity index (χ3v) is 5.76. The van der Waals surface area contributed by atoms with Gasteiger partial charge in [-0.05, 0) is 35.7 Å². The zero-order chi connectivity index (χ0) is 18.2. The van der Waals surface area contributed by atoms with Crippen molar-refractivity contribution in [3.8, 4) is 16.5 Å². The zero-order valence-corrected chi connectivity index (χ0v) is 15.0. The number of aromatic amines is 1. The van der Waals surface area contributed by atoms with Crippen LogP contribution in [0.4, 0.5) is 11.4 Å². The van der Waals surface area contributed by atoms with Gasteiger partial charge in [0.2, 0.25) is 0 Å². The molecule has 0 atom stereocenters. The molecular weight excluding hydrogens is 352 g/mol. The summed E-state index contributed by atoms with van der Waals surface area (Å²) in [4.78, 5) is 8.61. The van der Waals surface area contributed by atoms with Crippen molar-refractivity contribution in [2.24, 2.45) is 0 Å². The van der Waals surface area contributed by atoms with Crippen molar-refractivity contribution in [1.82, 2.24) is 9.97 Å². The molecule has 3 heterocycles. The van der Waals surface area contributed by atoms with E-state index < -0.39 is 0 Å². The molecule has 0 radical (unpaired) electrons. The highest BCUT2D eigenvalue weighted by Crippen LogP contribution is 2.39. The lowest BCUT2D eigenvalue weighted by molar-refractivity contribution is 1.30. The highest BCUT2D eigenvalue weighted by molar-refractivity contribution is 7.22. The second-order valence-electron chi connectivity index (χ2n) is 6.24. The second kappa shape index (κ2) is 6.27. The van der Waals surface area contributed by atoms with Gasteiger partial charge < -0.3 is 10.3 Å². The summed E-state index contributed by atoms with van der Waals surface area (Å²) in [5.41, 5.74) is 4.25. The molecule has 2 aromatic carbocycles. The van der Waals surface area contributed by atoms with Gasteiger partial charge in [-0.25, -0.2) is 0 Å². The normalized spacial score (nSPS) is 10.9. The molecule has 0 unspecified atom stereocenters.